The maximum absolute atomic E-state index is 11.7. The number of nitrogens with zero attached hydrogens (tertiary/aromatic N) is 1. The van der Waals surface area contributed by atoms with Crippen LogP contribution in [0.15, 0.2) is 22.7 Å². The molecule has 0 bridgehead atoms. The van der Waals surface area contributed by atoms with Crippen molar-refractivity contribution in [3.8, 4) is 0 Å². The van der Waals surface area contributed by atoms with Crippen LogP contribution in [0, 0.1) is 6.92 Å². The topological polar surface area (TPSA) is 70.7 Å². The fraction of sp³-hybridized carbons (Fsp3) is 0.429. The van der Waals surface area contributed by atoms with Gasteiger partial charge in [-0.15, -0.1) is 0 Å². The number of aryl methyl sites for hydroxylation is 1. The Morgan fingerprint density at radius 3 is 2.95 bits per heavy atom. The summed E-state index contributed by atoms with van der Waals surface area (Å²) in [5, 5.41) is 0. The molecule has 1 saturated heterocycles. The first-order valence-corrected chi connectivity index (χ1v) is 7.58. The lowest BCUT2D eigenvalue weighted by atomic mass is 10.2. The summed E-state index contributed by atoms with van der Waals surface area (Å²) in [4.78, 5) is 24.5. The first-order valence-electron chi connectivity index (χ1n) is 6.79. The van der Waals surface area contributed by atoms with Gasteiger partial charge in [0.25, 0.3) is 0 Å². The molecule has 2 rings (SSSR count). The second-order valence-corrected chi connectivity index (χ2v) is 5.70. The molecule has 2 amide bonds. The Kier molecular flexibility index (Phi) is 5.44. The third kappa shape index (κ3) is 4.63. The first-order chi connectivity index (χ1) is 10.1. The number of hydrazine groups is 1. The third-order valence-corrected chi connectivity index (χ3v) is 4.07. The first kappa shape index (κ1) is 15.6. The van der Waals surface area contributed by atoms with Crippen molar-refractivity contribution >= 4 is 33.6 Å². The van der Waals surface area contributed by atoms with Crippen LogP contribution < -0.4 is 10.9 Å². The molecule has 0 aromatic heterocycles. The van der Waals surface area contributed by atoms with Crippen LogP contribution in [0.2, 0.25) is 0 Å². The van der Waals surface area contributed by atoms with Crippen LogP contribution in [-0.2, 0) is 9.53 Å². The van der Waals surface area contributed by atoms with Gasteiger partial charge in [-0.3, -0.25) is 15.6 Å². The van der Waals surface area contributed by atoms with Crippen LogP contribution in [0.4, 0.5) is 10.5 Å². The third-order valence-electron chi connectivity index (χ3n) is 3.18. The maximum Gasteiger partial charge on any atom is 0.409 e. The normalized spacial score (nSPS) is 14.0. The minimum absolute atomic E-state index is 0.108. The highest BCUT2D eigenvalue weighted by molar-refractivity contribution is 9.10. The van der Waals surface area contributed by atoms with Crippen molar-refractivity contribution in [2.45, 2.75) is 19.8 Å². The number of carbonyl (C=O) groups is 2. The lowest BCUT2D eigenvalue weighted by Gasteiger charge is -2.13. The molecule has 21 heavy (non-hydrogen) atoms. The largest absolute Gasteiger partial charge is 0.448 e. The molecule has 1 aliphatic rings. The van der Waals surface area contributed by atoms with Gasteiger partial charge in [0, 0.05) is 17.4 Å². The second kappa shape index (κ2) is 7.31. The number of ether oxygens (including phenoxy) is 1. The maximum atomic E-state index is 11.7. The molecule has 7 heteroatoms. The number of halogens is 1. The van der Waals surface area contributed by atoms with Gasteiger partial charge in [-0.1, -0.05) is 15.9 Å². The molecule has 0 saturated carbocycles. The molecular weight excluding hydrogens is 338 g/mol. The molecule has 0 unspecified atom stereocenters. The van der Waals surface area contributed by atoms with Crippen LogP contribution >= 0.6 is 15.9 Å². The number of carbonyl (C=O) groups excluding carboxylic acids is 2. The van der Waals surface area contributed by atoms with Crippen molar-refractivity contribution in [3.05, 3.63) is 28.2 Å². The Bertz CT molecular complexity index is 536. The molecule has 0 atom stereocenters. The average Bonchev–Trinajstić information content (AvgIpc) is 2.86. The van der Waals surface area contributed by atoms with Gasteiger partial charge >= 0.3 is 6.09 Å². The van der Waals surface area contributed by atoms with Gasteiger partial charge in [0.15, 0.2) is 0 Å². The van der Waals surface area contributed by atoms with Crippen LogP contribution in [0.5, 0.6) is 0 Å². The van der Waals surface area contributed by atoms with Gasteiger partial charge in [-0.2, -0.15) is 0 Å². The van der Waals surface area contributed by atoms with Gasteiger partial charge < -0.3 is 9.64 Å². The molecule has 0 radical (unpaired) electrons. The summed E-state index contributed by atoms with van der Waals surface area (Å²) in [7, 11) is 0. The minimum atomic E-state index is -0.293. The zero-order valence-corrected chi connectivity index (χ0v) is 13.4. The Balaban J connectivity index is 1.67. The highest BCUT2D eigenvalue weighted by Crippen LogP contribution is 2.19. The van der Waals surface area contributed by atoms with E-state index in [1.807, 2.05) is 25.1 Å². The summed E-state index contributed by atoms with van der Waals surface area (Å²) in [6.07, 6.45) is 0.674. The molecule has 114 valence electrons. The molecule has 0 spiro atoms. The highest BCUT2D eigenvalue weighted by atomic mass is 79.9. The van der Waals surface area contributed by atoms with E-state index < -0.39 is 0 Å². The fourth-order valence-corrected chi connectivity index (χ4v) is 2.23. The van der Waals surface area contributed by atoms with Crippen LogP contribution in [0.3, 0.4) is 0 Å². The van der Waals surface area contributed by atoms with E-state index in [0.717, 1.165) is 15.7 Å². The van der Waals surface area contributed by atoms with Crippen molar-refractivity contribution < 1.29 is 14.3 Å². The number of benzene rings is 1. The quantitative estimate of drug-likeness (QED) is 0.768. The number of cyclic esters (lactones) is 1. The van der Waals surface area contributed by atoms with E-state index in [-0.39, 0.29) is 12.0 Å². The van der Waals surface area contributed by atoms with E-state index in [4.69, 9.17) is 4.74 Å². The number of nitrogens with one attached hydrogen (secondary N) is 2. The minimum Gasteiger partial charge on any atom is -0.448 e. The summed E-state index contributed by atoms with van der Waals surface area (Å²) >= 11 is 3.42. The Labute approximate surface area is 131 Å². The zero-order chi connectivity index (χ0) is 15.2. The summed E-state index contributed by atoms with van der Waals surface area (Å²) in [5.41, 5.74) is 7.43. The summed E-state index contributed by atoms with van der Waals surface area (Å²) < 4.78 is 5.84. The predicted molar refractivity (Wildman–Crippen MR) is 82.8 cm³/mol. The molecule has 1 aliphatic heterocycles. The van der Waals surface area contributed by atoms with Gasteiger partial charge in [-0.25, -0.2) is 4.79 Å². The predicted octanol–water partition coefficient (Wildman–Crippen LogP) is 2.43. The Morgan fingerprint density at radius 2 is 2.29 bits per heavy atom. The number of anilines is 1. The van der Waals surface area contributed by atoms with E-state index in [1.165, 1.54) is 0 Å². The van der Waals surface area contributed by atoms with Crippen molar-refractivity contribution in [2.75, 3.05) is 25.1 Å². The summed E-state index contributed by atoms with van der Waals surface area (Å²) in [5.74, 6) is -0.108. The molecule has 0 aliphatic carbocycles. The smallest absolute Gasteiger partial charge is 0.409 e. The zero-order valence-electron chi connectivity index (χ0n) is 11.8. The second-order valence-electron chi connectivity index (χ2n) is 4.84. The van der Waals surface area contributed by atoms with Gasteiger partial charge in [-0.05, 0) is 37.1 Å². The van der Waals surface area contributed by atoms with Crippen molar-refractivity contribution in [2.24, 2.45) is 0 Å². The molecular formula is C14H18BrN3O3. The number of hydrogen-bond acceptors (Lipinski definition) is 4. The number of rotatable bonds is 6. The molecule has 1 aromatic rings. The van der Waals surface area contributed by atoms with E-state index in [2.05, 4.69) is 26.8 Å². The van der Waals surface area contributed by atoms with Crippen LogP contribution in [0.1, 0.15) is 18.4 Å². The molecule has 2 N–H and O–H groups in total. The van der Waals surface area contributed by atoms with E-state index >= 15 is 0 Å². The van der Waals surface area contributed by atoms with Crippen molar-refractivity contribution in [3.63, 3.8) is 0 Å². The molecule has 1 fully saturated rings. The number of amides is 2. The number of hydrogen-bond donors (Lipinski definition) is 2. The molecule has 1 heterocycles. The van der Waals surface area contributed by atoms with E-state index in [9.17, 15) is 9.59 Å². The highest BCUT2D eigenvalue weighted by Gasteiger charge is 2.21. The SMILES string of the molecule is Cc1cc(NNC(=O)CCCN2CCOC2=O)ccc1Br. The van der Waals surface area contributed by atoms with Gasteiger partial charge in [0.2, 0.25) is 5.91 Å². The average molecular weight is 356 g/mol. The van der Waals surface area contributed by atoms with E-state index in [0.29, 0.717) is 32.5 Å². The molecule has 6 nitrogen and oxygen atoms in total. The van der Waals surface area contributed by atoms with E-state index in [1.54, 1.807) is 4.90 Å². The van der Waals surface area contributed by atoms with Crippen LogP contribution in [-0.4, -0.2) is 36.6 Å². The Hall–Kier alpha value is -1.76. The van der Waals surface area contributed by atoms with Crippen LogP contribution in [0.25, 0.3) is 0 Å². The molecule has 1 aromatic carbocycles. The summed E-state index contributed by atoms with van der Waals surface area (Å²) in [6, 6.07) is 5.73. The standard InChI is InChI=1S/C14H18BrN3O3/c1-10-9-11(4-5-12(10)15)16-17-13(19)3-2-6-18-7-8-21-14(18)20/h4-5,9,16H,2-3,6-8H2,1H3,(H,17,19). The monoisotopic (exact) mass is 355 g/mol. The fourth-order valence-electron chi connectivity index (χ4n) is 1.99. The van der Waals surface area contributed by atoms with Crippen molar-refractivity contribution in [1.82, 2.24) is 10.3 Å². The lowest BCUT2D eigenvalue weighted by molar-refractivity contribution is -0.120. The van der Waals surface area contributed by atoms with Gasteiger partial charge in [0.05, 0.1) is 12.2 Å². The van der Waals surface area contributed by atoms with Gasteiger partial charge in [0.1, 0.15) is 6.61 Å². The van der Waals surface area contributed by atoms with Crippen molar-refractivity contribution in [1.29, 1.82) is 0 Å². The summed E-state index contributed by atoms with van der Waals surface area (Å²) in [6.45, 7) is 3.57. The Morgan fingerprint density at radius 1 is 1.48 bits per heavy atom. The lowest BCUT2D eigenvalue weighted by Crippen LogP contribution is -2.31.